The Morgan fingerprint density at radius 2 is 0.983 bits per heavy atom. The third-order valence-corrected chi connectivity index (χ3v) is 10.5. The number of nitrogens with zero attached hydrogens (tertiary/aromatic N) is 1. The lowest BCUT2D eigenvalue weighted by molar-refractivity contribution is -0.887. The Morgan fingerprint density at radius 3 is 1.50 bits per heavy atom. The van der Waals surface area contributed by atoms with Crippen molar-refractivity contribution in [1.82, 2.24) is 0 Å². The van der Waals surface area contributed by atoms with Gasteiger partial charge in [0, 0.05) is 19.3 Å². The zero-order valence-corrected chi connectivity index (χ0v) is 38.2. The number of ether oxygens (including phenoxy) is 3. The Bertz CT molecular complexity index is 1090. The van der Waals surface area contributed by atoms with Crippen LogP contribution in [-0.4, -0.2) is 80.6 Å². The number of carbonyl (C=O) groups excluding carboxylic acids is 2. The van der Waals surface area contributed by atoms with E-state index in [9.17, 15) is 19.5 Å². The van der Waals surface area contributed by atoms with Crippen LogP contribution in [0.1, 0.15) is 200 Å². The molecular formula is C50H90NO7+. The zero-order chi connectivity index (χ0) is 42.8. The average molecular weight is 817 g/mol. The Balaban J connectivity index is 4.24. The molecule has 2 atom stereocenters. The lowest BCUT2D eigenvalue weighted by atomic mass is 10.0. The summed E-state index contributed by atoms with van der Waals surface area (Å²) in [4.78, 5) is 36.9. The molecule has 0 aromatic rings. The molecule has 0 amide bonds. The van der Waals surface area contributed by atoms with Crippen molar-refractivity contribution >= 4 is 17.9 Å². The number of quaternary nitrogens is 1. The van der Waals surface area contributed by atoms with Crippen LogP contribution in [0.25, 0.3) is 0 Å². The summed E-state index contributed by atoms with van der Waals surface area (Å²) in [6, 6.07) is -0.623. The second kappa shape index (κ2) is 41.0. The van der Waals surface area contributed by atoms with Crippen molar-refractivity contribution in [2.75, 3.05) is 41.0 Å². The summed E-state index contributed by atoms with van der Waals surface area (Å²) in [5.41, 5.74) is 0. The van der Waals surface area contributed by atoms with E-state index in [0.29, 0.717) is 19.3 Å². The Kier molecular flexibility index (Phi) is 39.1. The minimum Gasteiger partial charge on any atom is -0.477 e. The number of esters is 2. The first-order valence-corrected chi connectivity index (χ1v) is 23.7. The molecule has 0 aromatic heterocycles. The predicted molar refractivity (Wildman–Crippen MR) is 243 cm³/mol. The lowest BCUT2D eigenvalue weighted by Gasteiger charge is -2.31. The quantitative estimate of drug-likeness (QED) is 0.0283. The van der Waals surface area contributed by atoms with Crippen molar-refractivity contribution in [3.8, 4) is 0 Å². The van der Waals surface area contributed by atoms with Gasteiger partial charge in [0.2, 0.25) is 0 Å². The van der Waals surface area contributed by atoms with Gasteiger partial charge in [-0.1, -0.05) is 165 Å². The maximum Gasteiger partial charge on any atom is 0.362 e. The third-order valence-electron chi connectivity index (χ3n) is 10.5. The minimum absolute atomic E-state index is 0.0432. The van der Waals surface area contributed by atoms with E-state index < -0.39 is 18.1 Å². The second-order valence-electron chi connectivity index (χ2n) is 17.0. The highest BCUT2D eigenvalue weighted by Crippen LogP contribution is 2.15. The molecule has 0 saturated carbocycles. The standard InChI is InChI=1S/C50H89NO7/c1-6-8-10-12-14-16-18-19-20-21-22-23-24-25-26-27-28-29-31-33-35-37-39-41-49(53)58-46(44-56-43-42-47(50(54)55)51(3,4)5)45-57-48(52)40-38-36-34-32-30-17-15-13-11-9-7-2/h9,11,15,17,25-26,32,34,46-47H,6-8,10,12-14,16,18-24,27-31,33,35-45H2,1-5H3/p+1/b11-9+,17-15+,26-25+,34-32+. The number of carbonyl (C=O) groups is 3. The maximum absolute atomic E-state index is 12.7. The van der Waals surface area contributed by atoms with Gasteiger partial charge >= 0.3 is 17.9 Å². The van der Waals surface area contributed by atoms with Crippen molar-refractivity contribution in [3.63, 3.8) is 0 Å². The Morgan fingerprint density at radius 1 is 0.534 bits per heavy atom. The summed E-state index contributed by atoms with van der Waals surface area (Å²) in [7, 11) is 5.51. The fraction of sp³-hybridized carbons (Fsp3) is 0.780. The number of unbranched alkanes of at least 4 members (excludes halogenated alkanes) is 20. The molecule has 58 heavy (non-hydrogen) atoms. The van der Waals surface area contributed by atoms with E-state index in [4.69, 9.17) is 14.2 Å². The van der Waals surface area contributed by atoms with Crippen molar-refractivity contribution < 1.29 is 38.2 Å². The summed E-state index contributed by atoms with van der Waals surface area (Å²) < 4.78 is 17.2. The highest BCUT2D eigenvalue weighted by molar-refractivity contribution is 5.72. The van der Waals surface area contributed by atoms with Gasteiger partial charge < -0.3 is 23.8 Å². The number of hydrogen-bond acceptors (Lipinski definition) is 6. The first-order chi connectivity index (χ1) is 28.1. The van der Waals surface area contributed by atoms with Crippen LogP contribution < -0.4 is 0 Å². The number of hydrogen-bond donors (Lipinski definition) is 1. The van der Waals surface area contributed by atoms with Gasteiger partial charge in [-0.25, -0.2) is 4.79 Å². The van der Waals surface area contributed by atoms with Crippen molar-refractivity contribution in [2.45, 2.75) is 212 Å². The first kappa shape index (κ1) is 55.3. The van der Waals surface area contributed by atoms with E-state index in [-0.39, 0.29) is 42.7 Å². The van der Waals surface area contributed by atoms with Gasteiger partial charge in [0.15, 0.2) is 12.1 Å². The van der Waals surface area contributed by atoms with Crippen LogP contribution >= 0.6 is 0 Å². The monoisotopic (exact) mass is 817 g/mol. The molecule has 1 N–H and O–H groups in total. The van der Waals surface area contributed by atoms with Gasteiger partial charge in [0.05, 0.1) is 34.4 Å². The van der Waals surface area contributed by atoms with Crippen LogP contribution in [-0.2, 0) is 28.6 Å². The fourth-order valence-electron chi connectivity index (χ4n) is 6.82. The second-order valence-corrected chi connectivity index (χ2v) is 17.0. The number of allylic oxidation sites excluding steroid dienone is 8. The topological polar surface area (TPSA) is 99.1 Å². The smallest absolute Gasteiger partial charge is 0.362 e. The van der Waals surface area contributed by atoms with Crippen LogP contribution in [0.15, 0.2) is 48.6 Å². The predicted octanol–water partition coefficient (Wildman–Crippen LogP) is 13.2. The van der Waals surface area contributed by atoms with Crippen LogP contribution in [0.5, 0.6) is 0 Å². The van der Waals surface area contributed by atoms with Crippen LogP contribution in [0.3, 0.4) is 0 Å². The molecule has 2 unspecified atom stereocenters. The van der Waals surface area contributed by atoms with Gasteiger partial charge in [-0.2, -0.15) is 0 Å². The molecule has 0 fully saturated rings. The van der Waals surface area contributed by atoms with Gasteiger partial charge in [-0.15, -0.1) is 0 Å². The minimum atomic E-state index is -0.883. The summed E-state index contributed by atoms with van der Waals surface area (Å²) in [5, 5.41) is 9.62. The van der Waals surface area contributed by atoms with Crippen LogP contribution in [0.4, 0.5) is 0 Å². The molecular weight excluding hydrogens is 727 g/mol. The number of carboxylic acid groups (broad SMARTS) is 1. The summed E-state index contributed by atoms with van der Waals surface area (Å²) >= 11 is 0. The molecule has 0 aliphatic rings. The molecule has 8 heteroatoms. The molecule has 0 heterocycles. The van der Waals surface area contributed by atoms with Crippen molar-refractivity contribution in [1.29, 1.82) is 0 Å². The molecule has 0 aromatic carbocycles. The summed E-state index contributed by atoms with van der Waals surface area (Å²) in [6.45, 7) is 4.57. The van der Waals surface area contributed by atoms with Crippen LogP contribution in [0, 0.1) is 0 Å². The van der Waals surface area contributed by atoms with Gasteiger partial charge in [0.25, 0.3) is 0 Å². The van der Waals surface area contributed by atoms with E-state index in [1.54, 1.807) is 0 Å². The van der Waals surface area contributed by atoms with Gasteiger partial charge in [-0.3, -0.25) is 9.59 Å². The Labute approximate surface area is 356 Å². The zero-order valence-electron chi connectivity index (χ0n) is 38.2. The van der Waals surface area contributed by atoms with Crippen LogP contribution in [0.2, 0.25) is 0 Å². The summed E-state index contributed by atoms with van der Waals surface area (Å²) in [5.74, 6) is -1.54. The van der Waals surface area contributed by atoms with E-state index in [0.717, 1.165) is 44.9 Å². The molecule has 0 aliphatic heterocycles. The highest BCUT2D eigenvalue weighted by atomic mass is 16.6. The number of carboxylic acids is 1. The molecule has 0 aliphatic carbocycles. The number of likely N-dealkylation sites (N-methyl/N-ethyl adjacent to an activating group) is 1. The molecule has 0 bridgehead atoms. The van der Waals surface area contributed by atoms with Crippen molar-refractivity contribution in [2.24, 2.45) is 0 Å². The van der Waals surface area contributed by atoms with E-state index in [2.05, 4.69) is 62.5 Å². The fourth-order valence-corrected chi connectivity index (χ4v) is 6.82. The number of aliphatic carboxylic acids is 1. The van der Waals surface area contributed by atoms with E-state index in [1.165, 1.54) is 116 Å². The first-order valence-electron chi connectivity index (χ1n) is 23.7. The average Bonchev–Trinajstić information content (AvgIpc) is 3.18. The summed E-state index contributed by atoms with van der Waals surface area (Å²) in [6.07, 6.45) is 49.0. The van der Waals surface area contributed by atoms with Gasteiger partial charge in [-0.05, 0) is 64.2 Å². The normalized spacial score (nSPS) is 13.3. The molecule has 0 radical (unpaired) electrons. The van der Waals surface area contributed by atoms with E-state index >= 15 is 0 Å². The largest absolute Gasteiger partial charge is 0.477 e. The van der Waals surface area contributed by atoms with E-state index in [1.807, 2.05) is 21.1 Å². The number of rotatable bonds is 42. The SMILES string of the molecule is CC/C=C/C/C=C/C/C=C/CCCC(=O)OCC(COCCC(C(=O)O)[N+](C)(C)C)OC(=O)CCCCCCCCC/C=C/CCCCCCCCCCCCCC. The molecule has 0 spiro atoms. The van der Waals surface area contributed by atoms with Crippen molar-refractivity contribution in [3.05, 3.63) is 48.6 Å². The molecule has 0 rings (SSSR count). The maximum atomic E-state index is 12.7. The molecule has 8 nitrogen and oxygen atoms in total. The lowest BCUT2D eigenvalue weighted by Crippen LogP contribution is -2.50. The Hall–Kier alpha value is -2.71. The van der Waals surface area contributed by atoms with Gasteiger partial charge in [0.1, 0.15) is 6.61 Å². The molecule has 0 saturated heterocycles. The third kappa shape index (κ3) is 38.8. The molecule has 336 valence electrons. The highest BCUT2D eigenvalue weighted by Gasteiger charge is 2.31.